The molecule has 248 valence electrons. The van der Waals surface area contributed by atoms with Crippen LogP contribution in [0.1, 0.15) is 26.7 Å². The molecule has 0 amide bonds. The SMILES string of the molecule is CC(C)C(CCO)CC(S(=O)(=O)C(F)(F)C(F)(F)C(F)(F)C(F)(F)F)S(=O)(=O)C(F)(F)C(F)(F)C(F)(F)C(F)(F)F. The van der Waals surface area contributed by atoms with Crippen LogP contribution in [0.4, 0.5) is 79.0 Å². The monoisotopic (exact) mass is 694 g/mol. The second-order valence-corrected chi connectivity index (χ2v) is 13.2. The summed E-state index contributed by atoms with van der Waals surface area (Å²) in [6.45, 7) is 0.213. The van der Waals surface area contributed by atoms with E-state index in [1.54, 1.807) is 0 Å². The first-order valence-corrected chi connectivity index (χ1v) is 13.1. The van der Waals surface area contributed by atoms with E-state index in [0.717, 1.165) is 13.8 Å². The maximum atomic E-state index is 14.3. The van der Waals surface area contributed by atoms with Crippen molar-refractivity contribution in [3.8, 4) is 0 Å². The maximum Gasteiger partial charge on any atom is 0.460 e. The lowest BCUT2D eigenvalue weighted by molar-refractivity contribution is -0.382. The van der Waals surface area contributed by atoms with E-state index in [0.29, 0.717) is 0 Å². The molecule has 5 nitrogen and oxygen atoms in total. The average molecular weight is 694 g/mol. The Morgan fingerprint density at radius 3 is 1.00 bits per heavy atom. The van der Waals surface area contributed by atoms with Crippen LogP contribution in [0.15, 0.2) is 0 Å². The van der Waals surface area contributed by atoms with Gasteiger partial charge in [-0.25, -0.2) is 16.8 Å². The van der Waals surface area contributed by atoms with Crippen molar-refractivity contribution in [2.45, 2.75) is 77.8 Å². The average Bonchev–Trinajstić information content (AvgIpc) is 2.73. The van der Waals surface area contributed by atoms with E-state index in [2.05, 4.69) is 0 Å². The fraction of sp³-hybridized carbons (Fsp3) is 1.00. The summed E-state index contributed by atoms with van der Waals surface area (Å²) in [7, 11) is -17.4. The zero-order valence-electron chi connectivity index (χ0n) is 19.6. The largest absolute Gasteiger partial charge is 0.460 e. The molecule has 25 heteroatoms. The summed E-state index contributed by atoms with van der Waals surface area (Å²) in [5.41, 5.74) is 0. The van der Waals surface area contributed by atoms with E-state index in [1.165, 1.54) is 0 Å². The van der Waals surface area contributed by atoms with Crippen LogP contribution in [0.25, 0.3) is 0 Å². The molecule has 1 N–H and O–H groups in total. The van der Waals surface area contributed by atoms with Gasteiger partial charge in [-0.15, -0.1) is 0 Å². The first-order valence-electron chi connectivity index (χ1n) is 9.98. The highest BCUT2D eigenvalue weighted by Gasteiger charge is 2.89. The van der Waals surface area contributed by atoms with Gasteiger partial charge in [-0.05, 0) is 24.7 Å². The number of aliphatic hydroxyl groups is 1. The Balaban J connectivity index is 7.81. The van der Waals surface area contributed by atoms with Crippen molar-refractivity contribution in [1.29, 1.82) is 0 Å². The van der Waals surface area contributed by atoms with Gasteiger partial charge in [0.2, 0.25) is 19.7 Å². The number of alkyl halides is 18. The molecular formula is C16H16F18O5S2. The standard InChI is InChI=1S/C16H16F18O5S2/c1-6(2)7(3-4-35)5-8(40(36,37)15(31,32)11(21,22)9(17,18)13(25,26)27)41(38,39)16(33,34)12(23,24)10(19,20)14(28,29)30/h6-8,35H,3-5H2,1-2H3. The molecule has 0 fully saturated rings. The second kappa shape index (κ2) is 10.9. The minimum Gasteiger partial charge on any atom is -0.396 e. The highest BCUT2D eigenvalue weighted by Crippen LogP contribution is 2.59. The molecule has 41 heavy (non-hydrogen) atoms. The smallest absolute Gasteiger partial charge is 0.396 e. The quantitative estimate of drug-likeness (QED) is 0.238. The highest BCUT2D eigenvalue weighted by molar-refractivity contribution is 8.10. The van der Waals surface area contributed by atoms with Gasteiger partial charge in [-0.3, -0.25) is 0 Å². The molecule has 0 heterocycles. The normalized spacial score (nSPS) is 17.0. The molecule has 0 rings (SSSR count). The van der Waals surface area contributed by atoms with Crippen LogP contribution in [0.3, 0.4) is 0 Å². The van der Waals surface area contributed by atoms with Crippen molar-refractivity contribution in [3.63, 3.8) is 0 Å². The first kappa shape index (κ1) is 39.6. The molecule has 0 saturated heterocycles. The van der Waals surface area contributed by atoms with Crippen molar-refractivity contribution in [2.24, 2.45) is 11.8 Å². The molecule has 0 bridgehead atoms. The van der Waals surface area contributed by atoms with Crippen molar-refractivity contribution < 1.29 is 101 Å². The fourth-order valence-corrected chi connectivity index (χ4v) is 7.66. The number of hydrogen-bond acceptors (Lipinski definition) is 5. The predicted octanol–water partition coefficient (Wildman–Crippen LogP) is 6.04. The molecule has 0 aromatic rings. The summed E-state index contributed by atoms with van der Waals surface area (Å²) in [4.78, 5) is 0. The summed E-state index contributed by atoms with van der Waals surface area (Å²) in [6, 6.07) is 0. The lowest BCUT2D eigenvalue weighted by Gasteiger charge is -2.38. The molecule has 0 aliphatic heterocycles. The summed E-state index contributed by atoms with van der Waals surface area (Å²) in [5.74, 6) is -36.7. The molecule has 1 unspecified atom stereocenters. The minimum atomic E-state index is -8.70. The molecule has 0 aliphatic rings. The lowest BCUT2D eigenvalue weighted by atomic mass is 9.90. The Labute approximate surface area is 217 Å². The third kappa shape index (κ3) is 5.90. The van der Waals surface area contributed by atoms with Crippen LogP contribution >= 0.6 is 0 Å². The van der Waals surface area contributed by atoms with Gasteiger partial charge < -0.3 is 5.11 Å². The fourth-order valence-electron chi connectivity index (χ4n) is 2.97. The topological polar surface area (TPSA) is 88.5 Å². The Kier molecular flexibility index (Phi) is 10.6. The van der Waals surface area contributed by atoms with Gasteiger partial charge in [0.05, 0.1) is 0 Å². The van der Waals surface area contributed by atoms with Crippen LogP contribution in [0.5, 0.6) is 0 Å². The summed E-state index contributed by atoms with van der Waals surface area (Å²) >= 11 is 0. The zero-order valence-corrected chi connectivity index (χ0v) is 21.2. The molecule has 0 aliphatic carbocycles. The minimum absolute atomic E-state index is 0.770. The Morgan fingerprint density at radius 2 is 0.805 bits per heavy atom. The number of hydrogen-bond donors (Lipinski definition) is 1. The van der Waals surface area contributed by atoms with Gasteiger partial charge in [0.1, 0.15) is 0 Å². The van der Waals surface area contributed by atoms with Crippen molar-refractivity contribution in [3.05, 3.63) is 0 Å². The van der Waals surface area contributed by atoms with Gasteiger partial charge in [0, 0.05) is 6.61 Å². The lowest BCUT2D eigenvalue weighted by Crippen LogP contribution is -2.68. The van der Waals surface area contributed by atoms with Crippen LogP contribution < -0.4 is 0 Å². The Bertz CT molecular complexity index is 1060. The molecule has 1 atom stereocenters. The predicted molar refractivity (Wildman–Crippen MR) is 98.1 cm³/mol. The van der Waals surface area contributed by atoms with Crippen LogP contribution in [-0.4, -0.2) is 79.7 Å². The van der Waals surface area contributed by atoms with E-state index in [9.17, 15) is 95.9 Å². The van der Waals surface area contributed by atoms with E-state index >= 15 is 0 Å². The number of rotatable bonds is 13. The van der Waals surface area contributed by atoms with Gasteiger partial charge in [0.15, 0.2) is 4.58 Å². The molecule has 0 saturated carbocycles. The number of halogens is 18. The number of sulfone groups is 2. The van der Waals surface area contributed by atoms with E-state index < -0.39 is 102 Å². The molecular weight excluding hydrogens is 678 g/mol. The second-order valence-electron chi connectivity index (χ2n) is 8.60. The van der Waals surface area contributed by atoms with E-state index in [-0.39, 0.29) is 0 Å². The van der Waals surface area contributed by atoms with Crippen molar-refractivity contribution >= 4 is 19.7 Å². The highest BCUT2D eigenvalue weighted by atomic mass is 32.3. The summed E-state index contributed by atoms with van der Waals surface area (Å²) < 4.78 is 283. The molecule has 0 radical (unpaired) electrons. The summed E-state index contributed by atoms with van der Waals surface area (Å²) in [5, 5.41) is -7.45. The van der Waals surface area contributed by atoms with E-state index in [4.69, 9.17) is 5.11 Å². The zero-order chi connectivity index (χ0) is 33.9. The van der Waals surface area contributed by atoms with Gasteiger partial charge in [-0.1, -0.05) is 13.8 Å². The first-order chi connectivity index (χ1) is 17.5. The van der Waals surface area contributed by atoms with Gasteiger partial charge in [-0.2, -0.15) is 79.0 Å². The van der Waals surface area contributed by atoms with Crippen molar-refractivity contribution in [2.75, 3.05) is 6.61 Å². The maximum absolute atomic E-state index is 14.3. The van der Waals surface area contributed by atoms with Crippen LogP contribution in [0.2, 0.25) is 0 Å². The van der Waals surface area contributed by atoms with Gasteiger partial charge in [0.25, 0.3) is 0 Å². The van der Waals surface area contributed by atoms with Crippen molar-refractivity contribution in [1.82, 2.24) is 0 Å². The molecule has 0 aromatic carbocycles. The third-order valence-corrected chi connectivity index (χ3v) is 10.8. The molecule has 0 spiro atoms. The summed E-state index contributed by atoms with van der Waals surface area (Å²) in [6.07, 6.45) is -19.5. The van der Waals surface area contributed by atoms with E-state index in [1.807, 2.05) is 0 Å². The molecule has 0 aromatic heterocycles. The number of aliphatic hydroxyl groups excluding tert-OH is 1. The van der Waals surface area contributed by atoms with Gasteiger partial charge >= 0.3 is 46.6 Å². The Morgan fingerprint density at radius 1 is 0.537 bits per heavy atom. The Hall–Kier alpha value is -1.40. The van der Waals surface area contributed by atoms with Crippen LogP contribution in [0, 0.1) is 11.8 Å². The van der Waals surface area contributed by atoms with Crippen LogP contribution in [-0.2, 0) is 19.7 Å². The third-order valence-electron chi connectivity index (χ3n) is 5.58.